The second-order valence-electron chi connectivity index (χ2n) is 5.13. The van der Waals surface area contributed by atoms with Crippen LogP contribution < -0.4 is 0 Å². The molecule has 0 fully saturated rings. The van der Waals surface area contributed by atoms with Gasteiger partial charge in [0, 0.05) is 0 Å². The average molecular weight is 238 g/mol. The van der Waals surface area contributed by atoms with Gasteiger partial charge in [0.1, 0.15) is 0 Å². The molecule has 1 aliphatic rings. The third kappa shape index (κ3) is 2.19. The maximum Gasteiger partial charge on any atom is 0.0824 e. The Labute approximate surface area is 108 Å². The molecule has 92 valence electrons. The number of aliphatic hydroxyl groups excluding tert-OH is 1. The van der Waals surface area contributed by atoms with Crippen molar-refractivity contribution < 1.29 is 5.11 Å². The summed E-state index contributed by atoms with van der Waals surface area (Å²) in [6.07, 6.45) is 2.82. The lowest BCUT2D eigenvalue weighted by molar-refractivity contribution is 0.0936. The van der Waals surface area contributed by atoms with Crippen LogP contribution in [0.4, 0.5) is 0 Å². The van der Waals surface area contributed by atoms with E-state index in [0.717, 1.165) is 24.8 Å². The molecule has 0 saturated carbocycles. The van der Waals surface area contributed by atoms with E-state index in [1.807, 2.05) is 12.1 Å². The van der Waals surface area contributed by atoms with Crippen LogP contribution in [0.2, 0.25) is 0 Å². The highest BCUT2D eigenvalue weighted by Crippen LogP contribution is 2.36. The molecule has 0 radical (unpaired) electrons. The van der Waals surface area contributed by atoms with Gasteiger partial charge in [0.05, 0.1) is 6.10 Å². The molecule has 1 aliphatic carbocycles. The van der Waals surface area contributed by atoms with Crippen molar-refractivity contribution in [3.8, 4) is 0 Å². The van der Waals surface area contributed by atoms with Gasteiger partial charge in [0.2, 0.25) is 0 Å². The molecule has 2 aromatic carbocycles. The van der Waals surface area contributed by atoms with Gasteiger partial charge in [0.25, 0.3) is 0 Å². The molecule has 1 N–H and O–H groups in total. The van der Waals surface area contributed by atoms with E-state index in [4.69, 9.17) is 0 Å². The number of fused-ring (bicyclic) bond motifs is 1. The van der Waals surface area contributed by atoms with Gasteiger partial charge in [-0.2, -0.15) is 0 Å². The van der Waals surface area contributed by atoms with Crippen LogP contribution in [0.3, 0.4) is 0 Å². The summed E-state index contributed by atoms with van der Waals surface area (Å²) in [5.41, 5.74) is 3.76. The van der Waals surface area contributed by atoms with Gasteiger partial charge in [-0.1, -0.05) is 54.6 Å². The number of hydrogen-bond donors (Lipinski definition) is 1. The molecule has 0 amide bonds. The first-order valence-electron chi connectivity index (χ1n) is 6.64. The molecule has 0 bridgehead atoms. The molecule has 1 heteroatoms. The van der Waals surface area contributed by atoms with Crippen molar-refractivity contribution in [2.45, 2.75) is 25.4 Å². The van der Waals surface area contributed by atoms with E-state index < -0.39 is 0 Å². The number of benzene rings is 2. The summed E-state index contributed by atoms with van der Waals surface area (Å²) < 4.78 is 0. The zero-order chi connectivity index (χ0) is 12.4. The normalized spacial score (nSPS) is 22.5. The molecular formula is C17H18O. The fourth-order valence-electron chi connectivity index (χ4n) is 2.93. The highest BCUT2D eigenvalue weighted by molar-refractivity contribution is 5.32. The first-order chi connectivity index (χ1) is 8.84. The highest BCUT2D eigenvalue weighted by Gasteiger charge is 2.27. The van der Waals surface area contributed by atoms with Crippen LogP contribution in [0.1, 0.15) is 29.2 Å². The van der Waals surface area contributed by atoms with E-state index in [1.165, 1.54) is 11.1 Å². The number of aliphatic hydroxyl groups is 1. The predicted molar refractivity (Wildman–Crippen MR) is 73.4 cm³/mol. The van der Waals surface area contributed by atoms with Crippen LogP contribution in [0, 0.1) is 5.92 Å². The van der Waals surface area contributed by atoms with Gasteiger partial charge in [-0.05, 0) is 41.9 Å². The van der Waals surface area contributed by atoms with Gasteiger partial charge in [-0.25, -0.2) is 0 Å². The predicted octanol–water partition coefficient (Wildman–Crippen LogP) is 3.53. The summed E-state index contributed by atoms with van der Waals surface area (Å²) in [7, 11) is 0. The van der Waals surface area contributed by atoms with E-state index >= 15 is 0 Å². The van der Waals surface area contributed by atoms with E-state index in [-0.39, 0.29) is 6.10 Å². The van der Waals surface area contributed by atoms with E-state index in [0.29, 0.717) is 5.92 Å². The zero-order valence-corrected chi connectivity index (χ0v) is 10.4. The van der Waals surface area contributed by atoms with Gasteiger partial charge >= 0.3 is 0 Å². The average Bonchev–Trinajstić information content (AvgIpc) is 2.43. The molecule has 0 saturated heterocycles. The Hall–Kier alpha value is -1.60. The molecule has 1 nitrogen and oxygen atoms in total. The molecule has 0 heterocycles. The lowest BCUT2D eigenvalue weighted by Gasteiger charge is -2.30. The first kappa shape index (κ1) is 11.5. The van der Waals surface area contributed by atoms with Gasteiger partial charge in [0.15, 0.2) is 0 Å². The van der Waals surface area contributed by atoms with Crippen LogP contribution in [-0.4, -0.2) is 5.11 Å². The fraction of sp³-hybridized carbons (Fsp3) is 0.294. The molecule has 0 spiro atoms. The second kappa shape index (κ2) is 4.95. The van der Waals surface area contributed by atoms with Gasteiger partial charge < -0.3 is 5.11 Å². The van der Waals surface area contributed by atoms with Crippen LogP contribution in [-0.2, 0) is 12.8 Å². The molecule has 0 aromatic heterocycles. The Morgan fingerprint density at radius 1 is 0.944 bits per heavy atom. The Balaban J connectivity index is 1.81. The van der Waals surface area contributed by atoms with Crippen molar-refractivity contribution in [2.24, 2.45) is 5.92 Å². The first-order valence-corrected chi connectivity index (χ1v) is 6.64. The lowest BCUT2D eigenvalue weighted by atomic mass is 9.78. The topological polar surface area (TPSA) is 20.2 Å². The summed E-state index contributed by atoms with van der Waals surface area (Å²) in [6.45, 7) is 0. The third-order valence-corrected chi connectivity index (χ3v) is 3.95. The fourth-order valence-corrected chi connectivity index (χ4v) is 2.93. The quantitative estimate of drug-likeness (QED) is 0.848. The van der Waals surface area contributed by atoms with Crippen molar-refractivity contribution in [3.63, 3.8) is 0 Å². The maximum absolute atomic E-state index is 10.5. The summed E-state index contributed by atoms with van der Waals surface area (Å²) in [5, 5.41) is 10.5. The van der Waals surface area contributed by atoms with Crippen LogP contribution in [0.15, 0.2) is 54.6 Å². The summed E-state index contributed by atoms with van der Waals surface area (Å²) in [5.74, 6) is 0.349. The van der Waals surface area contributed by atoms with Crippen molar-refractivity contribution in [2.75, 3.05) is 0 Å². The van der Waals surface area contributed by atoms with Crippen molar-refractivity contribution >= 4 is 0 Å². The summed E-state index contributed by atoms with van der Waals surface area (Å²) >= 11 is 0. The second-order valence-corrected chi connectivity index (χ2v) is 5.13. The van der Waals surface area contributed by atoms with Gasteiger partial charge in [-0.3, -0.25) is 0 Å². The van der Waals surface area contributed by atoms with E-state index in [1.54, 1.807) is 0 Å². The summed E-state index contributed by atoms with van der Waals surface area (Å²) in [6, 6.07) is 18.7. The Morgan fingerprint density at radius 3 is 2.50 bits per heavy atom. The van der Waals surface area contributed by atoms with Crippen LogP contribution in [0.25, 0.3) is 0 Å². The molecule has 2 atom stereocenters. The minimum absolute atomic E-state index is 0.310. The standard InChI is InChI=1S/C17H18O/c18-17-15(12-13-6-2-1-3-7-13)11-10-14-8-4-5-9-16(14)17/h1-9,15,17-18H,10-12H2. The Kier molecular flexibility index (Phi) is 3.16. The summed E-state index contributed by atoms with van der Waals surface area (Å²) in [4.78, 5) is 0. The van der Waals surface area contributed by atoms with E-state index in [2.05, 4.69) is 42.5 Å². The number of hydrogen-bond acceptors (Lipinski definition) is 1. The van der Waals surface area contributed by atoms with Crippen molar-refractivity contribution in [3.05, 3.63) is 71.3 Å². The Morgan fingerprint density at radius 2 is 1.67 bits per heavy atom. The highest BCUT2D eigenvalue weighted by atomic mass is 16.3. The van der Waals surface area contributed by atoms with Gasteiger partial charge in [-0.15, -0.1) is 0 Å². The molecular weight excluding hydrogens is 220 g/mol. The maximum atomic E-state index is 10.5. The number of rotatable bonds is 2. The molecule has 2 unspecified atom stereocenters. The molecule has 3 rings (SSSR count). The molecule has 0 aliphatic heterocycles. The number of aryl methyl sites for hydroxylation is 1. The van der Waals surface area contributed by atoms with Crippen LogP contribution in [0.5, 0.6) is 0 Å². The Bertz CT molecular complexity index is 518. The van der Waals surface area contributed by atoms with Crippen LogP contribution >= 0.6 is 0 Å². The lowest BCUT2D eigenvalue weighted by Crippen LogP contribution is -2.22. The largest absolute Gasteiger partial charge is 0.388 e. The smallest absolute Gasteiger partial charge is 0.0824 e. The van der Waals surface area contributed by atoms with Crippen molar-refractivity contribution in [1.29, 1.82) is 0 Å². The SMILES string of the molecule is OC1c2ccccc2CCC1Cc1ccccc1. The molecule has 2 aromatic rings. The monoisotopic (exact) mass is 238 g/mol. The zero-order valence-electron chi connectivity index (χ0n) is 10.4. The van der Waals surface area contributed by atoms with Crippen molar-refractivity contribution in [1.82, 2.24) is 0 Å². The minimum atomic E-state index is -0.310. The van der Waals surface area contributed by atoms with E-state index in [9.17, 15) is 5.11 Å². The molecule has 18 heavy (non-hydrogen) atoms. The minimum Gasteiger partial charge on any atom is -0.388 e. The third-order valence-electron chi connectivity index (χ3n) is 3.95.